The van der Waals surface area contributed by atoms with Gasteiger partial charge in [-0.1, -0.05) is 81.4 Å². The predicted octanol–water partition coefficient (Wildman–Crippen LogP) is 5.56. The van der Waals surface area contributed by atoms with E-state index in [1.807, 2.05) is 0 Å². The molecule has 2 rings (SSSR count). The van der Waals surface area contributed by atoms with Gasteiger partial charge in [0.25, 0.3) is 0 Å². The second-order valence-corrected chi connectivity index (χ2v) is 7.58. The molecule has 1 unspecified atom stereocenters. The second-order valence-electron chi connectivity index (χ2n) is 7.58. The van der Waals surface area contributed by atoms with Gasteiger partial charge in [-0.25, -0.2) is 0 Å². The molecule has 0 aromatic heterocycles. The average molecular weight is 324 g/mol. The number of nitrogens with zero attached hydrogens (tertiary/aromatic N) is 1. The van der Waals surface area contributed by atoms with Gasteiger partial charge in [0.1, 0.15) is 0 Å². The molecule has 0 heterocycles. The van der Waals surface area contributed by atoms with E-state index in [1.54, 1.807) is 0 Å². The van der Waals surface area contributed by atoms with Gasteiger partial charge in [-0.2, -0.15) is 0 Å². The standard InChI is InChI=1S/C23H33N/c1-20(2)23(3,22-14-9-6-10-15-22)17-11-18-24(4)19-16-21-12-7-5-8-13-21/h5-10,12-15,20H,11,16-19H2,1-4H3. The zero-order valence-electron chi connectivity index (χ0n) is 15.8. The summed E-state index contributed by atoms with van der Waals surface area (Å²) in [4.78, 5) is 2.47. The van der Waals surface area contributed by atoms with E-state index >= 15 is 0 Å². The van der Waals surface area contributed by atoms with E-state index in [0.29, 0.717) is 5.92 Å². The molecule has 130 valence electrons. The van der Waals surface area contributed by atoms with Crippen molar-refractivity contribution in [3.8, 4) is 0 Å². The highest BCUT2D eigenvalue weighted by molar-refractivity contribution is 5.25. The van der Waals surface area contributed by atoms with E-state index in [-0.39, 0.29) is 5.41 Å². The zero-order chi connectivity index (χ0) is 17.4. The average Bonchev–Trinajstić information content (AvgIpc) is 2.61. The molecule has 0 radical (unpaired) electrons. The first-order valence-electron chi connectivity index (χ1n) is 9.30. The fourth-order valence-corrected chi connectivity index (χ4v) is 3.38. The van der Waals surface area contributed by atoms with Gasteiger partial charge in [0, 0.05) is 6.54 Å². The van der Waals surface area contributed by atoms with Crippen LogP contribution < -0.4 is 0 Å². The molecule has 0 saturated heterocycles. The van der Waals surface area contributed by atoms with E-state index in [9.17, 15) is 0 Å². The summed E-state index contributed by atoms with van der Waals surface area (Å²) < 4.78 is 0. The summed E-state index contributed by atoms with van der Waals surface area (Å²) in [6.45, 7) is 9.44. The Labute approximate surface area is 148 Å². The highest BCUT2D eigenvalue weighted by atomic mass is 15.1. The monoisotopic (exact) mass is 323 g/mol. The fraction of sp³-hybridized carbons (Fsp3) is 0.478. The Morgan fingerprint density at radius 2 is 1.46 bits per heavy atom. The largest absolute Gasteiger partial charge is 0.306 e. The second kappa shape index (κ2) is 9.03. The highest BCUT2D eigenvalue weighted by Crippen LogP contribution is 2.36. The Balaban J connectivity index is 1.82. The first-order valence-corrected chi connectivity index (χ1v) is 9.30. The van der Waals surface area contributed by atoms with Crippen molar-refractivity contribution < 1.29 is 0 Å². The minimum Gasteiger partial charge on any atom is -0.306 e. The molecule has 0 spiro atoms. The Kier molecular flexibility index (Phi) is 7.05. The third-order valence-electron chi connectivity index (χ3n) is 5.57. The van der Waals surface area contributed by atoms with Crippen LogP contribution in [0.1, 0.15) is 44.7 Å². The van der Waals surface area contributed by atoms with Crippen molar-refractivity contribution in [3.63, 3.8) is 0 Å². The van der Waals surface area contributed by atoms with Gasteiger partial charge in [0.05, 0.1) is 0 Å². The van der Waals surface area contributed by atoms with Gasteiger partial charge in [-0.05, 0) is 55.3 Å². The molecule has 1 nitrogen and oxygen atoms in total. The van der Waals surface area contributed by atoms with Crippen LogP contribution in [0.25, 0.3) is 0 Å². The molecule has 2 aromatic rings. The maximum absolute atomic E-state index is 2.47. The molecule has 0 fully saturated rings. The topological polar surface area (TPSA) is 3.24 Å². The number of likely N-dealkylation sites (N-methyl/N-ethyl adjacent to an activating group) is 1. The SMILES string of the molecule is CC(C)C(C)(CCCN(C)CCc1ccccc1)c1ccccc1. The van der Waals surface area contributed by atoms with Crippen molar-refractivity contribution in [2.45, 2.75) is 45.4 Å². The summed E-state index contributed by atoms with van der Waals surface area (Å²) in [7, 11) is 2.25. The van der Waals surface area contributed by atoms with Crippen molar-refractivity contribution in [1.29, 1.82) is 0 Å². The summed E-state index contributed by atoms with van der Waals surface area (Å²) in [5.41, 5.74) is 3.18. The van der Waals surface area contributed by atoms with Crippen LogP contribution in [0.5, 0.6) is 0 Å². The van der Waals surface area contributed by atoms with E-state index in [2.05, 4.69) is 93.4 Å². The molecule has 0 bridgehead atoms. The van der Waals surface area contributed by atoms with Crippen molar-refractivity contribution in [1.82, 2.24) is 4.90 Å². The van der Waals surface area contributed by atoms with Crippen molar-refractivity contribution >= 4 is 0 Å². The quantitative estimate of drug-likeness (QED) is 0.584. The van der Waals surface area contributed by atoms with E-state index in [1.165, 1.54) is 30.5 Å². The molecule has 0 aliphatic rings. The lowest BCUT2D eigenvalue weighted by Gasteiger charge is -2.35. The molecular weight excluding hydrogens is 290 g/mol. The van der Waals surface area contributed by atoms with Gasteiger partial charge in [0.15, 0.2) is 0 Å². The third kappa shape index (κ3) is 5.21. The maximum Gasteiger partial charge on any atom is 0.00188 e. The Morgan fingerprint density at radius 3 is 2.04 bits per heavy atom. The Morgan fingerprint density at radius 1 is 0.875 bits per heavy atom. The van der Waals surface area contributed by atoms with Crippen molar-refractivity contribution in [3.05, 3.63) is 71.8 Å². The number of benzene rings is 2. The first kappa shape index (κ1) is 18.7. The molecule has 24 heavy (non-hydrogen) atoms. The molecule has 0 aliphatic heterocycles. The van der Waals surface area contributed by atoms with Crippen molar-refractivity contribution in [2.75, 3.05) is 20.1 Å². The lowest BCUT2D eigenvalue weighted by atomic mass is 9.70. The zero-order valence-corrected chi connectivity index (χ0v) is 15.8. The summed E-state index contributed by atoms with van der Waals surface area (Å²) in [6, 6.07) is 21.8. The normalized spacial score (nSPS) is 14.1. The van der Waals surface area contributed by atoms with Crippen LogP contribution in [0.4, 0.5) is 0 Å². The van der Waals surface area contributed by atoms with Gasteiger partial charge in [-0.15, -0.1) is 0 Å². The van der Waals surface area contributed by atoms with Gasteiger partial charge in [-0.3, -0.25) is 0 Å². The lowest BCUT2D eigenvalue weighted by molar-refractivity contribution is 0.268. The number of hydrogen-bond donors (Lipinski definition) is 0. The van der Waals surface area contributed by atoms with Gasteiger partial charge >= 0.3 is 0 Å². The minimum atomic E-state index is 0.265. The Hall–Kier alpha value is -1.60. The van der Waals surface area contributed by atoms with Crippen molar-refractivity contribution in [2.24, 2.45) is 5.92 Å². The van der Waals surface area contributed by atoms with E-state index in [0.717, 1.165) is 13.0 Å². The summed E-state index contributed by atoms with van der Waals surface area (Å²) in [5.74, 6) is 0.648. The Bertz CT molecular complexity index is 575. The van der Waals surface area contributed by atoms with E-state index < -0.39 is 0 Å². The van der Waals surface area contributed by atoms with E-state index in [4.69, 9.17) is 0 Å². The molecular formula is C23H33N. The smallest absolute Gasteiger partial charge is 0.00188 e. The van der Waals surface area contributed by atoms with Crippen LogP contribution in [-0.2, 0) is 11.8 Å². The summed E-state index contributed by atoms with van der Waals surface area (Å²) in [6.07, 6.45) is 3.62. The summed E-state index contributed by atoms with van der Waals surface area (Å²) >= 11 is 0. The van der Waals surface area contributed by atoms with Gasteiger partial charge < -0.3 is 4.90 Å². The van der Waals surface area contributed by atoms with Crippen LogP contribution in [0.2, 0.25) is 0 Å². The van der Waals surface area contributed by atoms with Crippen LogP contribution in [-0.4, -0.2) is 25.0 Å². The third-order valence-corrected chi connectivity index (χ3v) is 5.57. The van der Waals surface area contributed by atoms with Crippen LogP contribution in [0, 0.1) is 5.92 Å². The molecule has 1 atom stereocenters. The van der Waals surface area contributed by atoms with Gasteiger partial charge in [0.2, 0.25) is 0 Å². The molecule has 2 aromatic carbocycles. The maximum atomic E-state index is 2.47. The minimum absolute atomic E-state index is 0.265. The predicted molar refractivity (Wildman–Crippen MR) is 106 cm³/mol. The fourth-order valence-electron chi connectivity index (χ4n) is 3.38. The highest BCUT2D eigenvalue weighted by Gasteiger charge is 2.29. The molecule has 0 N–H and O–H groups in total. The molecule has 0 amide bonds. The molecule has 1 heteroatoms. The molecule has 0 aliphatic carbocycles. The van der Waals surface area contributed by atoms with Crippen LogP contribution in [0.15, 0.2) is 60.7 Å². The number of rotatable bonds is 9. The lowest BCUT2D eigenvalue weighted by Crippen LogP contribution is -2.31. The van der Waals surface area contributed by atoms with Crippen LogP contribution in [0.3, 0.4) is 0 Å². The number of hydrogen-bond acceptors (Lipinski definition) is 1. The van der Waals surface area contributed by atoms with Crippen LogP contribution >= 0.6 is 0 Å². The molecule has 0 saturated carbocycles. The summed E-state index contributed by atoms with van der Waals surface area (Å²) in [5, 5.41) is 0. The first-order chi connectivity index (χ1) is 11.5.